The maximum absolute atomic E-state index is 13.0. The molecule has 0 aromatic carbocycles. The Kier molecular flexibility index (Phi) is 4.07. The molecule has 1 aliphatic heterocycles. The van der Waals surface area contributed by atoms with Gasteiger partial charge in [-0.3, -0.25) is 14.9 Å². The first kappa shape index (κ1) is 16.3. The van der Waals surface area contributed by atoms with E-state index >= 15 is 0 Å². The van der Waals surface area contributed by atoms with Crippen molar-refractivity contribution in [2.24, 2.45) is 0 Å². The first-order chi connectivity index (χ1) is 12.0. The quantitative estimate of drug-likeness (QED) is 0.933. The Morgan fingerprint density at radius 2 is 2.16 bits per heavy atom. The summed E-state index contributed by atoms with van der Waals surface area (Å²) in [5.74, 6) is 0.504. The lowest BCUT2D eigenvalue weighted by Crippen LogP contribution is -2.45. The number of nitrogens with zero attached hydrogens (tertiary/aromatic N) is 3. The van der Waals surface area contributed by atoms with Crippen LogP contribution in [-0.4, -0.2) is 45.2 Å². The molecule has 6 nitrogen and oxygen atoms in total. The van der Waals surface area contributed by atoms with E-state index in [4.69, 9.17) is 4.74 Å². The van der Waals surface area contributed by atoms with Crippen LogP contribution in [0.5, 0.6) is 0 Å². The van der Waals surface area contributed by atoms with Crippen LogP contribution < -0.4 is 0 Å². The third-order valence-electron chi connectivity index (χ3n) is 5.57. The van der Waals surface area contributed by atoms with Gasteiger partial charge in [0.2, 0.25) is 0 Å². The van der Waals surface area contributed by atoms with E-state index in [1.165, 1.54) is 5.56 Å². The van der Waals surface area contributed by atoms with E-state index in [1.807, 2.05) is 38.1 Å². The summed E-state index contributed by atoms with van der Waals surface area (Å²) in [5, 5.41) is 7.33. The van der Waals surface area contributed by atoms with Gasteiger partial charge in [0.15, 0.2) is 5.69 Å². The van der Waals surface area contributed by atoms with Gasteiger partial charge in [-0.2, -0.15) is 5.10 Å². The van der Waals surface area contributed by atoms with Gasteiger partial charge in [-0.15, -0.1) is 0 Å². The van der Waals surface area contributed by atoms with Gasteiger partial charge < -0.3 is 9.64 Å². The molecule has 3 heterocycles. The molecule has 0 unspecified atom stereocenters. The van der Waals surface area contributed by atoms with Crippen LogP contribution in [0.4, 0.5) is 0 Å². The Balaban J connectivity index is 1.46. The SMILES string of the molecule is C[C@@H]1Cc2c(C(=O)N(C)C3CC(c4cccnc4)C3)n[nH]c2[C@H](C)O1. The number of pyridine rings is 1. The van der Waals surface area contributed by atoms with Crippen LogP contribution in [0, 0.1) is 0 Å². The molecule has 1 amide bonds. The summed E-state index contributed by atoms with van der Waals surface area (Å²) in [5.41, 5.74) is 3.78. The van der Waals surface area contributed by atoms with Gasteiger partial charge >= 0.3 is 0 Å². The van der Waals surface area contributed by atoms with Crippen molar-refractivity contribution in [3.8, 4) is 0 Å². The fourth-order valence-electron chi connectivity index (χ4n) is 3.98. The lowest BCUT2D eigenvalue weighted by Gasteiger charge is -2.41. The average Bonchev–Trinajstić information content (AvgIpc) is 2.97. The zero-order valence-corrected chi connectivity index (χ0v) is 14.9. The Bertz CT molecular complexity index is 767. The lowest BCUT2D eigenvalue weighted by molar-refractivity contribution is -0.00704. The molecule has 0 radical (unpaired) electrons. The van der Waals surface area contributed by atoms with Crippen molar-refractivity contribution < 1.29 is 9.53 Å². The number of H-pyrrole nitrogens is 1. The number of amides is 1. The van der Waals surface area contributed by atoms with Crippen LogP contribution in [0.1, 0.15) is 66.0 Å². The second-order valence-corrected chi connectivity index (χ2v) is 7.28. The van der Waals surface area contributed by atoms with Gasteiger partial charge in [0.1, 0.15) is 0 Å². The highest BCUT2D eigenvalue weighted by Gasteiger charge is 2.37. The minimum atomic E-state index is -0.0447. The summed E-state index contributed by atoms with van der Waals surface area (Å²) in [6.07, 6.45) is 6.48. The normalized spacial score (nSPS) is 28.1. The first-order valence-electron chi connectivity index (χ1n) is 8.94. The minimum Gasteiger partial charge on any atom is -0.369 e. The van der Waals surface area contributed by atoms with Gasteiger partial charge in [0, 0.05) is 37.5 Å². The maximum atomic E-state index is 13.0. The second-order valence-electron chi connectivity index (χ2n) is 7.28. The zero-order valence-electron chi connectivity index (χ0n) is 14.9. The van der Waals surface area contributed by atoms with E-state index in [-0.39, 0.29) is 24.2 Å². The predicted octanol–water partition coefficient (Wildman–Crippen LogP) is 2.85. The number of ether oxygens (including phenoxy) is 1. The molecule has 25 heavy (non-hydrogen) atoms. The predicted molar refractivity (Wildman–Crippen MR) is 93.3 cm³/mol. The summed E-state index contributed by atoms with van der Waals surface area (Å²) < 4.78 is 5.81. The molecule has 1 aliphatic carbocycles. The molecule has 0 spiro atoms. The van der Waals surface area contributed by atoms with Crippen molar-refractivity contribution >= 4 is 5.91 Å². The molecule has 2 aromatic heterocycles. The van der Waals surface area contributed by atoms with Crippen LogP contribution in [0.15, 0.2) is 24.5 Å². The Morgan fingerprint density at radius 1 is 1.36 bits per heavy atom. The van der Waals surface area contributed by atoms with Gasteiger partial charge in [-0.25, -0.2) is 0 Å². The van der Waals surface area contributed by atoms with Crippen LogP contribution in [0.2, 0.25) is 0 Å². The van der Waals surface area contributed by atoms with Gasteiger partial charge in [-0.05, 0) is 44.2 Å². The second kappa shape index (κ2) is 6.26. The standard InChI is InChI=1S/C19H24N4O2/c1-11-7-16-17(12(2)25-11)21-22-18(16)19(24)23(3)15-8-14(9-15)13-5-4-6-20-10-13/h4-6,10-12,14-15H,7-9H2,1-3H3,(H,21,22)/t11-,12+,14?,15?/m1/s1. The first-order valence-corrected chi connectivity index (χ1v) is 8.94. The molecule has 2 aliphatic rings. The Labute approximate surface area is 147 Å². The number of fused-ring (bicyclic) bond motifs is 1. The molecule has 2 aromatic rings. The molecule has 1 fully saturated rings. The third kappa shape index (κ3) is 2.84. The molecule has 6 heteroatoms. The summed E-state index contributed by atoms with van der Waals surface area (Å²) in [4.78, 5) is 19.0. The number of hydrogen-bond donors (Lipinski definition) is 1. The highest BCUT2D eigenvalue weighted by atomic mass is 16.5. The molecule has 2 atom stereocenters. The van der Waals surface area contributed by atoms with Crippen LogP contribution in [-0.2, 0) is 11.2 Å². The number of carbonyl (C=O) groups is 1. The van der Waals surface area contributed by atoms with Gasteiger partial charge in [0.25, 0.3) is 5.91 Å². The Hall–Kier alpha value is -2.21. The van der Waals surface area contributed by atoms with E-state index < -0.39 is 0 Å². The van der Waals surface area contributed by atoms with E-state index in [1.54, 1.807) is 6.20 Å². The fraction of sp³-hybridized carbons (Fsp3) is 0.526. The molecular weight excluding hydrogens is 316 g/mol. The summed E-state index contributed by atoms with van der Waals surface area (Å²) in [7, 11) is 1.89. The highest BCUT2D eigenvalue weighted by molar-refractivity contribution is 5.94. The number of rotatable bonds is 3. The van der Waals surface area contributed by atoms with Crippen molar-refractivity contribution in [1.29, 1.82) is 0 Å². The average molecular weight is 340 g/mol. The number of nitrogens with one attached hydrogen (secondary N) is 1. The summed E-state index contributed by atoms with van der Waals surface area (Å²) in [6.45, 7) is 4.03. The molecule has 1 N–H and O–H groups in total. The molecule has 1 saturated carbocycles. The molecule has 0 bridgehead atoms. The smallest absolute Gasteiger partial charge is 0.274 e. The molecule has 0 saturated heterocycles. The van der Waals surface area contributed by atoms with Crippen molar-refractivity contribution in [3.63, 3.8) is 0 Å². The van der Waals surface area contributed by atoms with Crippen molar-refractivity contribution in [3.05, 3.63) is 47.0 Å². The monoisotopic (exact) mass is 340 g/mol. The molecule has 4 rings (SSSR count). The van der Waals surface area contributed by atoms with Crippen LogP contribution in [0.3, 0.4) is 0 Å². The molecular formula is C19H24N4O2. The summed E-state index contributed by atoms with van der Waals surface area (Å²) in [6, 6.07) is 4.35. The minimum absolute atomic E-state index is 0.00781. The lowest BCUT2D eigenvalue weighted by atomic mass is 9.75. The number of carbonyl (C=O) groups excluding carboxylic acids is 1. The van der Waals surface area contributed by atoms with Crippen LogP contribution >= 0.6 is 0 Å². The number of hydrogen-bond acceptors (Lipinski definition) is 4. The maximum Gasteiger partial charge on any atom is 0.274 e. The number of aromatic nitrogens is 3. The van der Waals surface area contributed by atoms with Crippen LogP contribution in [0.25, 0.3) is 0 Å². The van der Waals surface area contributed by atoms with Crippen molar-refractivity contribution in [1.82, 2.24) is 20.1 Å². The fourth-order valence-corrected chi connectivity index (χ4v) is 3.98. The van der Waals surface area contributed by atoms with E-state index in [2.05, 4.69) is 21.2 Å². The zero-order chi connectivity index (χ0) is 17.6. The topological polar surface area (TPSA) is 71.1 Å². The van der Waals surface area contributed by atoms with Gasteiger partial charge in [-0.1, -0.05) is 6.07 Å². The Morgan fingerprint density at radius 3 is 2.88 bits per heavy atom. The van der Waals surface area contributed by atoms with Crippen molar-refractivity contribution in [2.75, 3.05) is 7.05 Å². The highest BCUT2D eigenvalue weighted by Crippen LogP contribution is 2.40. The number of aromatic amines is 1. The van der Waals surface area contributed by atoms with E-state index in [0.29, 0.717) is 11.6 Å². The third-order valence-corrected chi connectivity index (χ3v) is 5.57. The van der Waals surface area contributed by atoms with E-state index in [0.717, 1.165) is 30.5 Å². The van der Waals surface area contributed by atoms with E-state index in [9.17, 15) is 4.79 Å². The van der Waals surface area contributed by atoms with Crippen molar-refractivity contribution in [2.45, 2.75) is 57.3 Å². The summed E-state index contributed by atoms with van der Waals surface area (Å²) >= 11 is 0. The largest absolute Gasteiger partial charge is 0.369 e. The van der Waals surface area contributed by atoms with Gasteiger partial charge in [0.05, 0.1) is 17.9 Å². The molecule has 132 valence electrons.